The lowest BCUT2D eigenvalue weighted by atomic mass is 10.1. The molecule has 5 rings (SSSR count). The Bertz CT molecular complexity index is 1680. The van der Waals surface area contributed by atoms with Gasteiger partial charge in [-0.05, 0) is 38.1 Å². The number of amidine groups is 1. The molecule has 0 saturated carbocycles. The van der Waals surface area contributed by atoms with Crippen LogP contribution in [0.1, 0.15) is 39.8 Å². The first-order chi connectivity index (χ1) is 20.0. The number of amides is 2. The van der Waals surface area contributed by atoms with E-state index in [2.05, 4.69) is 25.0 Å². The molecule has 14 nitrogen and oxygen atoms in total. The van der Waals surface area contributed by atoms with Crippen LogP contribution in [0.5, 0.6) is 0 Å². The zero-order chi connectivity index (χ0) is 30.2. The number of methoxy groups -OCH3 is 1. The molecular weight excluding hydrogens is 586 g/mol. The van der Waals surface area contributed by atoms with Gasteiger partial charge < -0.3 is 30.4 Å². The van der Waals surface area contributed by atoms with E-state index in [9.17, 15) is 22.8 Å². The van der Waals surface area contributed by atoms with Crippen molar-refractivity contribution < 1.29 is 32.3 Å². The predicted molar refractivity (Wildman–Crippen MR) is 154 cm³/mol. The van der Waals surface area contributed by atoms with E-state index in [1.165, 1.54) is 29.4 Å². The van der Waals surface area contributed by atoms with Gasteiger partial charge in [0.25, 0.3) is 15.9 Å². The topological polar surface area (TPSA) is 189 Å². The van der Waals surface area contributed by atoms with Gasteiger partial charge in [-0.2, -0.15) is 9.30 Å². The first-order valence-corrected chi connectivity index (χ1v) is 15.5. The summed E-state index contributed by atoms with van der Waals surface area (Å²) in [5.74, 6) is -1.20. The van der Waals surface area contributed by atoms with E-state index in [-0.39, 0.29) is 48.2 Å². The van der Waals surface area contributed by atoms with E-state index in [1.807, 2.05) is 6.92 Å². The average molecular weight is 618 g/mol. The molecule has 2 atom stereocenters. The van der Waals surface area contributed by atoms with Gasteiger partial charge in [0.1, 0.15) is 16.9 Å². The molecule has 3 aromatic rings. The molecule has 4 N–H and O–H groups in total. The molecule has 16 heteroatoms. The quantitative estimate of drug-likeness (QED) is 0.206. The number of nitrogens with zero attached hydrogens (tertiary/aromatic N) is 4. The summed E-state index contributed by atoms with van der Waals surface area (Å²) in [6.45, 7) is 4.04. The SMILES string of the molecule is CCOC(=O)C1CN(S(=O)(=O)c2cc3cc(C(N)=NC(=O)OC)ccc3[nH]2)CCN1C(=O)c1nc2c(s1)CNC(C)C2. The Morgan fingerprint density at radius 2 is 2.02 bits per heavy atom. The van der Waals surface area contributed by atoms with E-state index in [4.69, 9.17) is 10.5 Å². The Hall–Kier alpha value is -3.86. The largest absolute Gasteiger partial charge is 0.464 e. The molecule has 2 amide bonds. The number of piperazine rings is 1. The van der Waals surface area contributed by atoms with Crippen LogP contribution in [0.25, 0.3) is 10.9 Å². The number of aliphatic imine (C=N–C) groups is 1. The van der Waals surface area contributed by atoms with Crippen molar-refractivity contribution >= 4 is 56.1 Å². The van der Waals surface area contributed by atoms with Gasteiger partial charge in [0.05, 0.1) is 19.4 Å². The smallest absolute Gasteiger partial charge is 0.435 e. The first kappa shape index (κ1) is 29.6. The van der Waals surface area contributed by atoms with Gasteiger partial charge >= 0.3 is 12.1 Å². The van der Waals surface area contributed by atoms with Crippen molar-refractivity contribution in [2.24, 2.45) is 10.7 Å². The van der Waals surface area contributed by atoms with E-state index in [1.54, 1.807) is 25.1 Å². The second-order valence-corrected chi connectivity index (χ2v) is 12.9. The summed E-state index contributed by atoms with van der Waals surface area (Å²) in [5, 5.41) is 4.02. The summed E-state index contributed by atoms with van der Waals surface area (Å²) in [6, 6.07) is 5.32. The third kappa shape index (κ3) is 5.74. The van der Waals surface area contributed by atoms with Gasteiger partial charge in [-0.15, -0.1) is 11.3 Å². The number of nitrogens with two attached hydrogens (primary N) is 1. The molecule has 0 bridgehead atoms. The van der Waals surface area contributed by atoms with Gasteiger partial charge in [0.15, 0.2) is 5.01 Å². The molecular formula is C26H31N7O7S2. The minimum atomic E-state index is -4.11. The lowest BCUT2D eigenvalue weighted by molar-refractivity contribution is -0.149. The van der Waals surface area contributed by atoms with Crippen molar-refractivity contribution in [2.75, 3.05) is 33.4 Å². The summed E-state index contributed by atoms with van der Waals surface area (Å²) in [6.07, 6.45) is -0.164. The van der Waals surface area contributed by atoms with Gasteiger partial charge in [0, 0.05) is 60.0 Å². The number of aromatic amines is 1. The van der Waals surface area contributed by atoms with E-state index in [0.29, 0.717) is 29.4 Å². The molecule has 0 radical (unpaired) electrons. The molecule has 224 valence electrons. The molecule has 2 aliphatic rings. The summed E-state index contributed by atoms with van der Waals surface area (Å²) >= 11 is 1.28. The number of hydrogen-bond donors (Lipinski definition) is 3. The van der Waals surface area contributed by atoms with E-state index < -0.39 is 34.0 Å². The number of fused-ring (bicyclic) bond motifs is 2. The number of benzene rings is 1. The molecule has 1 aromatic carbocycles. The fourth-order valence-corrected chi connectivity index (χ4v) is 7.38. The van der Waals surface area contributed by atoms with E-state index in [0.717, 1.165) is 14.9 Å². The number of nitrogens with one attached hydrogen (secondary N) is 2. The lowest BCUT2D eigenvalue weighted by Gasteiger charge is -2.38. The Balaban J connectivity index is 1.39. The van der Waals surface area contributed by atoms with Gasteiger partial charge in [-0.3, -0.25) is 4.79 Å². The number of ether oxygens (including phenoxy) is 2. The molecule has 2 unspecified atom stereocenters. The Kier molecular flexibility index (Phi) is 8.32. The van der Waals surface area contributed by atoms with Crippen molar-refractivity contribution in [3.8, 4) is 0 Å². The monoisotopic (exact) mass is 617 g/mol. The fourth-order valence-electron chi connectivity index (χ4n) is 4.94. The normalized spacial score (nSPS) is 19.9. The lowest BCUT2D eigenvalue weighted by Crippen LogP contribution is -2.59. The summed E-state index contributed by atoms with van der Waals surface area (Å²) in [4.78, 5) is 51.4. The van der Waals surface area contributed by atoms with Gasteiger partial charge in [0.2, 0.25) is 0 Å². The number of aromatic nitrogens is 2. The molecule has 1 saturated heterocycles. The van der Waals surface area contributed by atoms with Crippen LogP contribution in [-0.4, -0.2) is 96.8 Å². The van der Waals surface area contributed by atoms with Crippen molar-refractivity contribution in [3.63, 3.8) is 0 Å². The van der Waals surface area contributed by atoms with Crippen molar-refractivity contribution in [3.05, 3.63) is 45.4 Å². The number of H-pyrrole nitrogens is 1. The number of rotatable bonds is 6. The second kappa shape index (κ2) is 11.8. The van der Waals surface area contributed by atoms with Crippen LogP contribution in [0, 0.1) is 0 Å². The zero-order valence-electron chi connectivity index (χ0n) is 23.2. The molecule has 2 aliphatic heterocycles. The van der Waals surface area contributed by atoms with Crippen LogP contribution in [0.3, 0.4) is 0 Å². The minimum Gasteiger partial charge on any atom is -0.464 e. The van der Waals surface area contributed by atoms with Crippen molar-refractivity contribution in [1.29, 1.82) is 0 Å². The summed E-state index contributed by atoms with van der Waals surface area (Å²) in [5.41, 5.74) is 7.66. The van der Waals surface area contributed by atoms with Crippen LogP contribution in [0.2, 0.25) is 0 Å². The van der Waals surface area contributed by atoms with Crippen LogP contribution >= 0.6 is 11.3 Å². The summed E-state index contributed by atoms with van der Waals surface area (Å²) < 4.78 is 38.3. The highest BCUT2D eigenvalue weighted by Gasteiger charge is 2.42. The van der Waals surface area contributed by atoms with E-state index >= 15 is 0 Å². The maximum absolute atomic E-state index is 13.7. The number of carbonyl (C=O) groups is 3. The number of thiazole rings is 1. The fraction of sp³-hybridized carbons (Fsp3) is 0.423. The maximum Gasteiger partial charge on any atom is 0.435 e. The molecule has 2 aromatic heterocycles. The Morgan fingerprint density at radius 1 is 1.24 bits per heavy atom. The Labute approximate surface area is 245 Å². The molecule has 0 spiro atoms. The molecule has 1 fully saturated rings. The Morgan fingerprint density at radius 3 is 2.76 bits per heavy atom. The molecule has 42 heavy (non-hydrogen) atoms. The highest BCUT2D eigenvalue weighted by Crippen LogP contribution is 2.28. The predicted octanol–water partition coefficient (Wildman–Crippen LogP) is 1.21. The third-order valence-electron chi connectivity index (χ3n) is 7.13. The third-order valence-corrected chi connectivity index (χ3v) is 10.0. The standard InChI is InChI=1S/C26H31N7O7S2/c1-4-40-25(35)19-13-32(7-8-33(19)24(34)23-30-18-9-14(2)28-12-20(18)41-23)42(37,38)21-11-16-10-15(5-6-17(16)29-21)22(27)31-26(36)39-3/h5-6,10-11,14,19,28-29H,4,7-9,12-13H2,1-3H3,(H2,27,31,36). The highest BCUT2D eigenvalue weighted by atomic mass is 32.2. The number of sulfonamides is 1. The zero-order valence-corrected chi connectivity index (χ0v) is 24.9. The van der Waals surface area contributed by atoms with Crippen molar-refractivity contribution in [2.45, 2.75) is 43.9 Å². The number of esters is 1. The minimum absolute atomic E-state index is 0.0225. The molecule has 4 heterocycles. The first-order valence-electron chi connectivity index (χ1n) is 13.3. The molecule has 0 aliphatic carbocycles. The van der Waals surface area contributed by atoms with Crippen molar-refractivity contribution in [1.82, 2.24) is 24.5 Å². The number of hydrogen-bond acceptors (Lipinski definition) is 10. The average Bonchev–Trinajstić information content (AvgIpc) is 3.60. The van der Waals surface area contributed by atoms with Gasteiger partial charge in [-0.1, -0.05) is 0 Å². The highest BCUT2D eigenvalue weighted by molar-refractivity contribution is 7.89. The number of carbonyl (C=O) groups excluding carboxylic acids is 3. The van der Waals surface area contributed by atoms with Crippen LogP contribution in [0.15, 0.2) is 34.3 Å². The second-order valence-electron chi connectivity index (χ2n) is 9.91. The van der Waals surface area contributed by atoms with Crippen LogP contribution in [-0.2, 0) is 37.3 Å². The van der Waals surface area contributed by atoms with Crippen LogP contribution < -0.4 is 11.1 Å². The van der Waals surface area contributed by atoms with Crippen LogP contribution in [0.4, 0.5) is 4.79 Å². The summed E-state index contributed by atoms with van der Waals surface area (Å²) in [7, 11) is -2.93. The van der Waals surface area contributed by atoms with Gasteiger partial charge in [-0.25, -0.2) is 23.0 Å². The maximum atomic E-state index is 13.7.